The second kappa shape index (κ2) is 5.76. The van der Waals surface area contributed by atoms with E-state index in [9.17, 15) is 0 Å². The van der Waals surface area contributed by atoms with Crippen LogP contribution in [0.15, 0.2) is 29.4 Å². The number of halogens is 1. The van der Waals surface area contributed by atoms with Gasteiger partial charge in [-0.05, 0) is 29.8 Å². The zero-order chi connectivity index (χ0) is 11.1. The van der Waals surface area contributed by atoms with Crippen LogP contribution in [-0.2, 0) is 0 Å². The summed E-state index contributed by atoms with van der Waals surface area (Å²) in [7, 11) is 0. The Bertz CT molecular complexity index is 402. The molecule has 5 nitrogen and oxygen atoms in total. The third-order valence-electron chi connectivity index (χ3n) is 1.67. The van der Waals surface area contributed by atoms with E-state index in [1.807, 2.05) is 6.07 Å². The van der Waals surface area contributed by atoms with Crippen LogP contribution in [0.4, 0.5) is 5.69 Å². The van der Waals surface area contributed by atoms with Crippen LogP contribution in [0.2, 0.25) is 5.02 Å². The largest absolute Gasteiger partial charge is 0.370 e. The lowest BCUT2D eigenvalue weighted by molar-refractivity contribution is 0.880. The number of nitrogens with zero attached hydrogens (tertiary/aromatic N) is 4. The number of hydrogen-bond donors (Lipinski definition) is 1. The molecule has 0 amide bonds. The Hall–Kier alpha value is -1.89. The smallest absolute Gasteiger partial charge is 0.120 e. The number of hydrogen-bond acceptors (Lipinski definition) is 3. The van der Waals surface area contributed by atoms with E-state index in [1.54, 1.807) is 24.3 Å². The fraction of sp³-hybridized carbons (Fsp3) is 0.222. The van der Waals surface area contributed by atoms with Crippen LogP contribution in [0.25, 0.3) is 10.4 Å². The molecule has 1 N–H and O–H groups in total. The Balaban J connectivity index is 2.63. The minimum Gasteiger partial charge on any atom is -0.370 e. The molecular formula is C9H8ClN5. The molecule has 0 aliphatic carbocycles. The number of nitriles is 1. The molecule has 6 heteroatoms. The summed E-state index contributed by atoms with van der Waals surface area (Å²) in [6.45, 7) is 0.0929. The molecule has 15 heavy (non-hydrogen) atoms. The summed E-state index contributed by atoms with van der Waals surface area (Å²) < 4.78 is 0. The van der Waals surface area contributed by atoms with Gasteiger partial charge in [-0.2, -0.15) is 5.26 Å². The summed E-state index contributed by atoms with van der Waals surface area (Å²) in [6.07, 6.45) is 0. The predicted molar refractivity (Wildman–Crippen MR) is 58.5 cm³/mol. The van der Waals surface area contributed by atoms with Crippen molar-refractivity contribution in [2.24, 2.45) is 5.11 Å². The maximum Gasteiger partial charge on any atom is 0.120 e. The molecule has 1 unspecified atom stereocenters. The molecule has 0 fully saturated rings. The Morgan fingerprint density at radius 2 is 2.20 bits per heavy atom. The van der Waals surface area contributed by atoms with E-state index in [1.165, 1.54) is 0 Å². The van der Waals surface area contributed by atoms with Crippen molar-refractivity contribution in [2.45, 2.75) is 6.04 Å². The maximum atomic E-state index is 8.75. The number of azide groups is 1. The third-order valence-corrected chi connectivity index (χ3v) is 1.92. The third kappa shape index (κ3) is 3.77. The SMILES string of the molecule is N#CC(CN=[N+]=[N-])Nc1ccc(Cl)cc1. The molecule has 0 heterocycles. The van der Waals surface area contributed by atoms with Crippen molar-refractivity contribution in [1.82, 2.24) is 0 Å². The second-order valence-electron chi connectivity index (χ2n) is 2.75. The minimum atomic E-state index is -0.526. The van der Waals surface area contributed by atoms with Crippen molar-refractivity contribution in [1.29, 1.82) is 5.26 Å². The van der Waals surface area contributed by atoms with Crippen LogP contribution in [0.1, 0.15) is 0 Å². The average molecular weight is 222 g/mol. The maximum absolute atomic E-state index is 8.75. The van der Waals surface area contributed by atoms with Gasteiger partial charge in [-0.15, -0.1) is 0 Å². The number of anilines is 1. The van der Waals surface area contributed by atoms with Gasteiger partial charge in [-0.3, -0.25) is 0 Å². The van der Waals surface area contributed by atoms with E-state index in [0.29, 0.717) is 5.02 Å². The molecular weight excluding hydrogens is 214 g/mol. The van der Waals surface area contributed by atoms with Crippen molar-refractivity contribution in [2.75, 3.05) is 11.9 Å². The summed E-state index contributed by atoms with van der Waals surface area (Å²) in [6, 6.07) is 8.40. The Morgan fingerprint density at radius 1 is 1.53 bits per heavy atom. The van der Waals surface area contributed by atoms with E-state index in [2.05, 4.69) is 15.3 Å². The summed E-state index contributed by atoms with van der Waals surface area (Å²) in [5.74, 6) is 0. The monoisotopic (exact) mass is 221 g/mol. The Labute approximate surface area is 91.9 Å². The fourth-order valence-electron chi connectivity index (χ4n) is 0.984. The zero-order valence-electron chi connectivity index (χ0n) is 7.76. The molecule has 1 aromatic carbocycles. The van der Waals surface area contributed by atoms with Crippen molar-refractivity contribution < 1.29 is 0 Å². The molecule has 0 aliphatic heterocycles. The molecule has 1 aromatic rings. The molecule has 1 rings (SSSR count). The van der Waals surface area contributed by atoms with Gasteiger partial charge in [0.15, 0.2) is 0 Å². The molecule has 0 radical (unpaired) electrons. The number of benzene rings is 1. The number of nitrogens with one attached hydrogen (secondary N) is 1. The van der Waals surface area contributed by atoms with Crippen LogP contribution in [0.5, 0.6) is 0 Å². The lowest BCUT2D eigenvalue weighted by Crippen LogP contribution is -2.20. The van der Waals surface area contributed by atoms with Crippen molar-refractivity contribution in [3.05, 3.63) is 39.7 Å². The first-order valence-corrected chi connectivity index (χ1v) is 4.56. The van der Waals surface area contributed by atoms with Crippen LogP contribution in [-0.4, -0.2) is 12.6 Å². The highest BCUT2D eigenvalue weighted by Gasteiger charge is 2.04. The number of rotatable bonds is 4. The highest BCUT2D eigenvalue weighted by Crippen LogP contribution is 2.14. The van der Waals surface area contributed by atoms with E-state index in [-0.39, 0.29) is 6.54 Å². The van der Waals surface area contributed by atoms with Gasteiger partial charge in [0.05, 0.1) is 12.6 Å². The quantitative estimate of drug-likeness (QED) is 0.482. The van der Waals surface area contributed by atoms with Gasteiger partial charge >= 0.3 is 0 Å². The molecule has 0 aromatic heterocycles. The molecule has 76 valence electrons. The van der Waals surface area contributed by atoms with E-state index < -0.39 is 6.04 Å². The standard InChI is InChI=1S/C9H8ClN5/c10-7-1-3-8(4-2-7)14-9(5-11)6-13-15-12/h1-4,9,14H,6H2. The minimum absolute atomic E-state index is 0.0929. The average Bonchev–Trinajstić information content (AvgIpc) is 2.27. The van der Waals surface area contributed by atoms with E-state index >= 15 is 0 Å². The molecule has 0 spiro atoms. The first kappa shape index (κ1) is 11.2. The predicted octanol–water partition coefficient (Wildman–Crippen LogP) is 2.95. The molecule has 0 saturated carbocycles. The normalized spacial score (nSPS) is 10.9. The topological polar surface area (TPSA) is 84.6 Å². The lowest BCUT2D eigenvalue weighted by atomic mass is 10.2. The highest BCUT2D eigenvalue weighted by molar-refractivity contribution is 6.30. The van der Waals surface area contributed by atoms with Gasteiger partial charge in [0.2, 0.25) is 0 Å². The van der Waals surface area contributed by atoms with Crippen LogP contribution >= 0.6 is 11.6 Å². The summed E-state index contributed by atoms with van der Waals surface area (Å²) >= 11 is 5.71. The molecule has 1 atom stereocenters. The second-order valence-corrected chi connectivity index (χ2v) is 3.18. The van der Waals surface area contributed by atoms with Gasteiger partial charge in [0, 0.05) is 15.6 Å². The van der Waals surface area contributed by atoms with E-state index in [0.717, 1.165) is 5.69 Å². The first-order valence-electron chi connectivity index (χ1n) is 4.19. The molecule has 0 bridgehead atoms. The van der Waals surface area contributed by atoms with Crippen molar-refractivity contribution in [3.63, 3.8) is 0 Å². The molecule has 0 saturated heterocycles. The first-order chi connectivity index (χ1) is 7.26. The van der Waals surface area contributed by atoms with Gasteiger partial charge < -0.3 is 5.32 Å². The zero-order valence-corrected chi connectivity index (χ0v) is 8.52. The van der Waals surface area contributed by atoms with E-state index in [4.69, 9.17) is 22.4 Å². The summed E-state index contributed by atoms with van der Waals surface area (Å²) in [5.41, 5.74) is 8.88. The van der Waals surface area contributed by atoms with Crippen molar-refractivity contribution in [3.8, 4) is 6.07 Å². The van der Waals surface area contributed by atoms with Gasteiger partial charge in [0.25, 0.3) is 0 Å². The van der Waals surface area contributed by atoms with Crippen LogP contribution < -0.4 is 5.32 Å². The van der Waals surface area contributed by atoms with Gasteiger partial charge in [-0.1, -0.05) is 16.7 Å². The highest BCUT2D eigenvalue weighted by atomic mass is 35.5. The Kier molecular flexibility index (Phi) is 4.30. The van der Waals surface area contributed by atoms with Crippen LogP contribution in [0.3, 0.4) is 0 Å². The summed E-state index contributed by atoms with van der Waals surface area (Å²) in [5, 5.41) is 15.6. The fourth-order valence-corrected chi connectivity index (χ4v) is 1.11. The summed E-state index contributed by atoms with van der Waals surface area (Å²) in [4.78, 5) is 2.59. The van der Waals surface area contributed by atoms with Crippen molar-refractivity contribution >= 4 is 17.3 Å². The van der Waals surface area contributed by atoms with Crippen LogP contribution in [0, 0.1) is 11.3 Å². The lowest BCUT2D eigenvalue weighted by Gasteiger charge is -2.09. The Morgan fingerprint density at radius 3 is 2.73 bits per heavy atom. The molecule has 0 aliphatic rings. The van der Waals surface area contributed by atoms with Gasteiger partial charge in [-0.25, -0.2) is 0 Å². The van der Waals surface area contributed by atoms with Gasteiger partial charge in [0.1, 0.15) is 6.04 Å².